The summed E-state index contributed by atoms with van der Waals surface area (Å²) in [5.74, 6) is 0. The lowest BCUT2D eigenvalue weighted by Crippen LogP contribution is -2.21. The van der Waals surface area contributed by atoms with Crippen molar-refractivity contribution in [2.24, 2.45) is 4.40 Å². The van der Waals surface area contributed by atoms with Crippen molar-refractivity contribution in [1.29, 1.82) is 5.26 Å². The first kappa shape index (κ1) is 23.4. The van der Waals surface area contributed by atoms with Crippen molar-refractivity contribution in [2.75, 3.05) is 32.1 Å². The van der Waals surface area contributed by atoms with E-state index in [1.54, 1.807) is 26.2 Å². The third-order valence-electron chi connectivity index (χ3n) is 5.03. The van der Waals surface area contributed by atoms with Gasteiger partial charge < -0.3 is 14.2 Å². The minimum Gasteiger partial charge on any atom is -0.422 e. The van der Waals surface area contributed by atoms with E-state index in [1.807, 2.05) is 32.0 Å². The topological polar surface area (TPSA) is 137 Å². The summed E-state index contributed by atoms with van der Waals surface area (Å²) in [6.45, 7) is 5.71. The van der Waals surface area contributed by atoms with Crippen molar-refractivity contribution in [1.82, 2.24) is 19.5 Å². The maximum absolute atomic E-state index is 12.8. The number of nitrogens with zero attached hydrogens (tertiary/aromatic N) is 7. The predicted octanol–water partition coefficient (Wildman–Crippen LogP) is 2.56. The number of nitriles is 1. The largest absolute Gasteiger partial charge is 0.422 e. The molecule has 0 unspecified atom stereocenters. The van der Waals surface area contributed by atoms with Crippen molar-refractivity contribution >= 4 is 49.3 Å². The summed E-state index contributed by atoms with van der Waals surface area (Å²) in [5.41, 5.74) is 0.787. The smallest absolute Gasteiger partial charge is 0.345 e. The molecule has 0 spiro atoms. The van der Waals surface area contributed by atoms with Crippen LogP contribution in [0.5, 0.6) is 0 Å². The van der Waals surface area contributed by atoms with Gasteiger partial charge in [0.25, 0.3) is 4.34 Å². The van der Waals surface area contributed by atoms with Gasteiger partial charge in [-0.2, -0.15) is 18.2 Å². The highest BCUT2D eigenvalue weighted by Crippen LogP contribution is 2.30. The second-order valence-electron chi connectivity index (χ2n) is 7.48. The van der Waals surface area contributed by atoms with E-state index in [1.165, 1.54) is 4.90 Å². The van der Waals surface area contributed by atoms with Crippen LogP contribution in [0.4, 0.5) is 5.69 Å². The second-order valence-corrected chi connectivity index (χ2v) is 10.2. The first-order valence-electron chi connectivity index (χ1n) is 10.3. The fraction of sp³-hybridized carbons (Fsp3) is 0.286. The lowest BCUT2D eigenvalue weighted by atomic mass is 10.1. The van der Waals surface area contributed by atoms with Crippen molar-refractivity contribution < 1.29 is 12.8 Å². The van der Waals surface area contributed by atoms with Crippen LogP contribution >= 0.6 is 11.3 Å². The third kappa shape index (κ3) is 4.13. The molecule has 11 nitrogen and oxygen atoms in total. The lowest BCUT2D eigenvalue weighted by Gasteiger charge is -2.20. The minimum absolute atomic E-state index is 0.0734. The molecule has 0 atom stereocenters. The minimum atomic E-state index is -4.06. The lowest BCUT2D eigenvalue weighted by molar-refractivity contribution is 0.563. The molecule has 13 heteroatoms. The van der Waals surface area contributed by atoms with Gasteiger partial charge in [0, 0.05) is 44.3 Å². The number of hydrogen-bond donors (Lipinski definition) is 0. The fourth-order valence-electron chi connectivity index (χ4n) is 3.38. The van der Waals surface area contributed by atoms with E-state index in [2.05, 4.69) is 19.4 Å². The molecule has 1 aromatic carbocycles. The maximum atomic E-state index is 12.8. The number of fused-ring (bicyclic) bond motifs is 2. The molecule has 176 valence electrons. The Morgan fingerprint density at radius 1 is 1.26 bits per heavy atom. The van der Waals surface area contributed by atoms with Gasteiger partial charge in [-0.05, 0) is 32.0 Å². The Kier molecular flexibility index (Phi) is 6.11. The van der Waals surface area contributed by atoms with Crippen LogP contribution in [0, 0.1) is 11.3 Å². The molecule has 4 rings (SSSR count). The van der Waals surface area contributed by atoms with Gasteiger partial charge in [0.1, 0.15) is 23.7 Å². The summed E-state index contributed by atoms with van der Waals surface area (Å²) in [5, 5.41) is 14.4. The zero-order valence-electron chi connectivity index (χ0n) is 18.9. The van der Waals surface area contributed by atoms with Gasteiger partial charge in [-0.25, -0.2) is 9.78 Å². The summed E-state index contributed by atoms with van der Waals surface area (Å²) in [6, 6.07) is 9.15. The van der Waals surface area contributed by atoms with Gasteiger partial charge in [-0.3, -0.25) is 0 Å². The number of hydrogen-bond acceptors (Lipinski definition) is 9. The Labute approximate surface area is 199 Å². The van der Waals surface area contributed by atoms with Crippen LogP contribution in [0.1, 0.15) is 19.5 Å². The number of imidazole rings is 1. The monoisotopic (exact) mass is 499 g/mol. The van der Waals surface area contributed by atoms with Gasteiger partial charge in [0.05, 0.1) is 5.56 Å². The summed E-state index contributed by atoms with van der Waals surface area (Å²) in [6.07, 6.45) is 1.14. The van der Waals surface area contributed by atoms with Crippen LogP contribution < -0.4 is 10.5 Å². The van der Waals surface area contributed by atoms with Gasteiger partial charge in [0.15, 0.2) is 5.69 Å². The molecule has 3 aromatic heterocycles. The summed E-state index contributed by atoms with van der Waals surface area (Å²) < 4.78 is 34.7. The number of rotatable bonds is 7. The van der Waals surface area contributed by atoms with E-state index in [0.29, 0.717) is 11.0 Å². The molecule has 0 N–H and O–H groups in total. The van der Waals surface area contributed by atoms with Crippen LogP contribution in [-0.4, -0.2) is 61.4 Å². The van der Waals surface area contributed by atoms with Crippen molar-refractivity contribution in [3.63, 3.8) is 0 Å². The molecule has 3 heterocycles. The molecule has 34 heavy (non-hydrogen) atoms. The molecule has 0 saturated carbocycles. The fourth-order valence-corrected chi connectivity index (χ4v) is 5.37. The molecule has 0 bridgehead atoms. The maximum Gasteiger partial charge on any atom is 0.345 e. The predicted molar refractivity (Wildman–Crippen MR) is 130 cm³/mol. The van der Waals surface area contributed by atoms with E-state index in [9.17, 15) is 18.5 Å². The second kappa shape index (κ2) is 8.88. The Balaban J connectivity index is 1.82. The first-order chi connectivity index (χ1) is 16.2. The molecule has 0 fully saturated rings. The molecule has 4 aromatic rings. The van der Waals surface area contributed by atoms with Crippen molar-refractivity contribution in [3.8, 4) is 17.3 Å². The highest BCUT2D eigenvalue weighted by Gasteiger charge is 2.25. The average molecular weight is 500 g/mol. The van der Waals surface area contributed by atoms with Crippen molar-refractivity contribution in [3.05, 3.63) is 40.4 Å². The molecule has 0 aliphatic heterocycles. The van der Waals surface area contributed by atoms with E-state index < -0.39 is 15.6 Å². The van der Waals surface area contributed by atoms with Gasteiger partial charge in [-0.1, -0.05) is 11.3 Å². The van der Waals surface area contributed by atoms with Crippen LogP contribution in [0.15, 0.2) is 42.2 Å². The molecule has 0 radical (unpaired) electrons. The summed E-state index contributed by atoms with van der Waals surface area (Å²) >= 11 is 0.752. The molecule has 0 aliphatic carbocycles. The zero-order chi connectivity index (χ0) is 24.6. The van der Waals surface area contributed by atoms with Gasteiger partial charge in [-0.15, -0.1) is 9.50 Å². The number of benzene rings is 1. The Bertz CT molecular complexity index is 1620. The molecular formula is C21H21N7O4S2. The third-order valence-corrected chi connectivity index (χ3v) is 7.51. The highest BCUT2D eigenvalue weighted by atomic mass is 32.2. The van der Waals surface area contributed by atoms with Gasteiger partial charge >= 0.3 is 15.6 Å². The first-order valence-corrected chi connectivity index (χ1v) is 12.5. The highest BCUT2D eigenvalue weighted by molar-refractivity contribution is 7.92. The standard InChI is InChI=1S/C21H21N7O4S2/c1-5-27(6-2)14-8-7-13-9-15(19(29)32-17(13)10-14)18-16(11-22)28-20(24-18)33-21(25-28)34(30,31)23-12-26(3)4/h7-10,12H,5-6H2,1-4H3. The van der Waals surface area contributed by atoms with Crippen LogP contribution in [0.3, 0.4) is 0 Å². The van der Waals surface area contributed by atoms with E-state index >= 15 is 0 Å². The Morgan fingerprint density at radius 3 is 2.65 bits per heavy atom. The Hall–Kier alpha value is -3.76. The Morgan fingerprint density at radius 2 is 2.00 bits per heavy atom. The van der Waals surface area contributed by atoms with Crippen molar-refractivity contribution in [2.45, 2.75) is 18.2 Å². The van der Waals surface area contributed by atoms with Crippen LogP contribution in [-0.2, 0) is 10.0 Å². The summed E-state index contributed by atoms with van der Waals surface area (Å²) in [7, 11) is -0.797. The molecular weight excluding hydrogens is 478 g/mol. The average Bonchev–Trinajstić information content (AvgIpc) is 3.36. The van der Waals surface area contributed by atoms with E-state index in [4.69, 9.17) is 4.42 Å². The van der Waals surface area contributed by atoms with Gasteiger partial charge in [0.2, 0.25) is 4.96 Å². The quantitative estimate of drug-likeness (QED) is 0.213. The molecule has 0 amide bonds. The van der Waals surface area contributed by atoms with E-state index in [0.717, 1.165) is 41.0 Å². The normalized spacial score (nSPS) is 12.0. The molecule has 0 aliphatic rings. The SMILES string of the molecule is CCN(CC)c1ccc2cc(-c3nc4sc(S(=O)(=O)N=CN(C)C)nn4c3C#N)c(=O)oc2c1. The van der Waals surface area contributed by atoms with Crippen LogP contribution in [0.2, 0.25) is 0 Å². The van der Waals surface area contributed by atoms with E-state index in [-0.39, 0.29) is 26.3 Å². The number of sulfonamides is 1. The summed E-state index contributed by atoms with van der Waals surface area (Å²) in [4.78, 5) is 20.9. The molecule has 0 saturated heterocycles. The number of aromatic nitrogens is 3. The van der Waals surface area contributed by atoms with Crippen LogP contribution in [0.25, 0.3) is 27.2 Å². The zero-order valence-corrected chi connectivity index (χ0v) is 20.5. The number of anilines is 1.